The average Bonchev–Trinajstić information content (AvgIpc) is 2.97. The molecule has 0 saturated heterocycles. The average molecular weight is 437 g/mol. The topological polar surface area (TPSA) is 37.8 Å². The van der Waals surface area contributed by atoms with E-state index in [-0.39, 0.29) is 35.6 Å². The Balaban J connectivity index is 1.73. The molecule has 1 N–H and O–H groups in total. The fraction of sp³-hybridized carbons (Fsp3) is 0.333. The quantitative estimate of drug-likeness (QED) is 0.380. The molecular weight excluding hydrogens is 423 g/mol. The van der Waals surface area contributed by atoms with Gasteiger partial charge in [0, 0.05) is 11.4 Å². The lowest BCUT2D eigenvalue weighted by atomic mass is 10.1. The fourth-order valence-electron chi connectivity index (χ4n) is 2.76. The number of benzene rings is 1. The summed E-state index contributed by atoms with van der Waals surface area (Å²) in [5.74, 6) is -2.26. The number of alkyl halides is 6. The zero-order valence-corrected chi connectivity index (χ0v) is 15.7. The minimum atomic E-state index is -4.71. The van der Waals surface area contributed by atoms with Gasteiger partial charge in [-0.2, -0.15) is 26.3 Å². The molecule has 2 aromatic heterocycles. The van der Waals surface area contributed by atoms with E-state index < -0.39 is 29.6 Å². The van der Waals surface area contributed by atoms with Gasteiger partial charge in [-0.15, -0.1) is 11.3 Å². The van der Waals surface area contributed by atoms with Crippen molar-refractivity contribution in [3.63, 3.8) is 0 Å². The molecule has 0 fully saturated rings. The molecule has 0 unspecified atom stereocenters. The maximum absolute atomic E-state index is 13.4. The smallest absolute Gasteiger partial charge is 0.369 e. The first kappa shape index (κ1) is 21.3. The predicted molar refractivity (Wildman–Crippen MR) is 95.4 cm³/mol. The third kappa shape index (κ3) is 5.14. The molecule has 3 aromatic rings. The van der Waals surface area contributed by atoms with Crippen LogP contribution in [0, 0.1) is 12.7 Å². The zero-order valence-electron chi connectivity index (χ0n) is 14.9. The van der Waals surface area contributed by atoms with Crippen LogP contribution in [0.15, 0.2) is 24.3 Å². The summed E-state index contributed by atoms with van der Waals surface area (Å²) in [5, 5.41) is 3.22. The van der Waals surface area contributed by atoms with E-state index in [4.69, 9.17) is 0 Å². The summed E-state index contributed by atoms with van der Waals surface area (Å²) in [5.41, 5.74) is -0.934. The molecule has 0 aliphatic heterocycles. The van der Waals surface area contributed by atoms with Crippen LogP contribution in [0.5, 0.6) is 0 Å². The van der Waals surface area contributed by atoms with Gasteiger partial charge in [-0.25, -0.2) is 14.4 Å². The predicted octanol–water partition coefficient (Wildman–Crippen LogP) is 6.22. The highest BCUT2D eigenvalue weighted by molar-refractivity contribution is 7.18. The molecule has 1 aromatic carbocycles. The van der Waals surface area contributed by atoms with E-state index in [2.05, 4.69) is 15.3 Å². The third-order valence-electron chi connectivity index (χ3n) is 3.99. The minimum absolute atomic E-state index is 0.00176. The molecule has 0 aliphatic rings. The summed E-state index contributed by atoms with van der Waals surface area (Å²) < 4.78 is 90.7. The highest BCUT2D eigenvalue weighted by Gasteiger charge is 2.36. The van der Waals surface area contributed by atoms with E-state index in [9.17, 15) is 30.7 Å². The van der Waals surface area contributed by atoms with E-state index in [1.54, 1.807) is 13.0 Å². The van der Waals surface area contributed by atoms with Crippen molar-refractivity contribution in [2.24, 2.45) is 0 Å². The van der Waals surface area contributed by atoms with Gasteiger partial charge in [-0.05, 0) is 49.6 Å². The molecule has 2 heterocycles. The van der Waals surface area contributed by atoms with Crippen molar-refractivity contribution < 1.29 is 30.7 Å². The largest absolute Gasteiger partial charge is 0.451 e. The maximum Gasteiger partial charge on any atom is 0.451 e. The molecular formula is C18H14F7N3S. The van der Waals surface area contributed by atoms with Crippen LogP contribution in [0.1, 0.15) is 28.2 Å². The van der Waals surface area contributed by atoms with Crippen LogP contribution in [0.4, 0.5) is 36.6 Å². The minimum Gasteiger partial charge on any atom is -0.369 e. The van der Waals surface area contributed by atoms with E-state index in [1.807, 2.05) is 0 Å². The Hall–Kier alpha value is -2.43. The number of hydrogen-bond donors (Lipinski definition) is 1. The van der Waals surface area contributed by atoms with Crippen LogP contribution in [0.2, 0.25) is 0 Å². The van der Waals surface area contributed by atoms with Crippen molar-refractivity contribution in [2.75, 3.05) is 11.9 Å². The van der Waals surface area contributed by atoms with Crippen molar-refractivity contribution in [1.29, 1.82) is 0 Å². The summed E-state index contributed by atoms with van der Waals surface area (Å²) in [6.07, 6.45) is -9.00. The van der Waals surface area contributed by atoms with E-state index in [0.717, 1.165) is 28.3 Å². The Kier molecular flexibility index (Phi) is 5.70. The Morgan fingerprint density at radius 3 is 2.34 bits per heavy atom. The van der Waals surface area contributed by atoms with Crippen molar-refractivity contribution in [3.05, 3.63) is 51.9 Å². The number of nitrogens with zero attached hydrogens (tertiary/aromatic N) is 2. The molecule has 3 nitrogen and oxygen atoms in total. The number of anilines is 1. The van der Waals surface area contributed by atoms with Gasteiger partial charge in [-0.3, -0.25) is 0 Å². The first-order valence-electron chi connectivity index (χ1n) is 8.39. The third-order valence-corrected chi connectivity index (χ3v) is 4.93. The van der Waals surface area contributed by atoms with Crippen molar-refractivity contribution in [3.8, 4) is 0 Å². The van der Waals surface area contributed by atoms with Crippen LogP contribution in [0.3, 0.4) is 0 Å². The molecule has 29 heavy (non-hydrogen) atoms. The number of fused-ring (bicyclic) bond motifs is 1. The number of halogens is 7. The van der Waals surface area contributed by atoms with Gasteiger partial charge in [0.1, 0.15) is 16.5 Å². The standard InChI is InChI=1S/C18H14F7N3S/c1-9-5-13-14(27-16(18(23,24)25)28-15(13)29-9)26-4-2-3-10-6-11(17(20,21)22)8-12(19)7-10/h5-8H,2-4H2,1H3,(H,26,27,28). The van der Waals surface area contributed by atoms with E-state index >= 15 is 0 Å². The van der Waals surface area contributed by atoms with Gasteiger partial charge in [0.05, 0.1) is 10.9 Å². The first-order chi connectivity index (χ1) is 13.4. The molecule has 0 bridgehead atoms. The monoisotopic (exact) mass is 437 g/mol. The normalized spacial score (nSPS) is 12.6. The summed E-state index contributed by atoms with van der Waals surface area (Å²) in [6.45, 7) is 1.86. The molecule has 0 radical (unpaired) electrons. The van der Waals surface area contributed by atoms with Gasteiger partial charge in [0.15, 0.2) is 0 Å². The maximum atomic E-state index is 13.4. The molecule has 0 atom stereocenters. The number of hydrogen-bond acceptors (Lipinski definition) is 4. The molecule has 156 valence electrons. The lowest BCUT2D eigenvalue weighted by Crippen LogP contribution is -2.14. The van der Waals surface area contributed by atoms with Crippen LogP contribution in [-0.2, 0) is 18.8 Å². The molecule has 3 rings (SSSR count). The van der Waals surface area contributed by atoms with Crippen molar-refractivity contribution in [2.45, 2.75) is 32.1 Å². The summed E-state index contributed by atoms with van der Waals surface area (Å²) in [7, 11) is 0. The van der Waals surface area contributed by atoms with Gasteiger partial charge >= 0.3 is 12.4 Å². The number of thiophene rings is 1. The summed E-state index contributed by atoms with van der Waals surface area (Å²) >= 11 is 1.10. The Morgan fingerprint density at radius 2 is 1.69 bits per heavy atom. The van der Waals surface area contributed by atoms with E-state index in [1.165, 1.54) is 0 Å². The number of aryl methyl sites for hydroxylation is 2. The van der Waals surface area contributed by atoms with E-state index in [0.29, 0.717) is 11.5 Å². The number of nitrogens with one attached hydrogen (secondary N) is 1. The number of aromatic nitrogens is 2. The van der Waals surface area contributed by atoms with Crippen molar-refractivity contribution in [1.82, 2.24) is 9.97 Å². The van der Waals surface area contributed by atoms with Gasteiger partial charge in [0.25, 0.3) is 0 Å². The van der Waals surface area contributed by atoms with Crippen LogP contribution >= 0.6 is 11.3 Å². The molecule has 0 aliphatic carbocycles. The second-order valence-electron chi connectivity index (χ2n) is 6.35. The first-order valence-corrected chi connectivity index (χ1v) is 9.21. The SMILES string of the molecule is Cc1cc2c(NCCCc3cc(F)cc(C(F)(F)F)c3)nc(C(F)(F)F)nc2s1. The van der Waals surface area contributed by atoms with Crippen LogP contribution in [0.25, 0.3) is 10.2 Å². The summed E-state index contributed by atoms with van der Waals surface area (Å²) in [4.78, 5) is 8.03. The molecule has 11 heteroatoms. The highest BCUT2D eigenvalue weighted by atomic mass is 32.1. The Labute approximate surface area is 164 Å². The molecule has 0 saturated carbocycles. The molecule has 0 spiro atoms. The fourth-order valence-corrected chi connectivity index (χ4v) is 3.64. The van der Waals surface area contributed by atoms with Gasteiger partial charge in [0.2, 0.25) is 5.82 Å². The molecule has 0 amide bonds. The van der Waals surface area contributed by atoms with Gasteiger partial charge < -0.3 is 5.32 Å². The Bertz CT molecular complexity index is 1020. The van der Waals surface area contributed by atoms with Crippen LogP contribution < -0.4 is 5.32 Å². The van der Waals surface area contributed by atoms with Crippen LogP contribution in [-0.4, -0.2) is 16.5 Å². The van der Waals surface area contributed by atoms with Crippen molar-refractivity contribution >= 4 is 27.4 Å². The zero-order chi connectivity index (χ0) is 21.4. The summed E-state index contributed by atoms with van der Waals surface area (Å²) in [6, 6.07) is 3.93. The lowest BCUT2D eigenvalue weighted by molar-refractivity contribution is -0.144. The Morgan fingerprint density at radius 1 is 0.966 bits per heavy atom. The lowest BCUT2D eigenvalue weighted by Gasteiger charge is -2.11. The van der Waals surface area contributed by atoms with Gasteiger partial charge in [-0.1, -0.05) is 0 Å². The number of rotatable bonds is 5. The second kappa shape index (κ2) is 7.77. The highest BCUT2D eigenvalue weighted by Crippen LogP contribution is 2.34. The second-order valence-corrected chi connectivity index (χ2v) is 7.58.